The highest BCUT2D eigenvalue weighted by atomic mass is 16.5. The van der Waals surface area contributed by atoms with E-state index >= 15 is 0 Å². The zero-order chi connectivity index (χ0) is 12.5. The van der Waals surface area contributed by atoms with Gasteiger partial charge in [0.15, 0.2) is 0 Å². The van der Waals surface area contributed by atoms with E-state index in [1.165, 1.54) is 0 Å². The highest BCUT2D eigenvalue weighted by Gasteiger charge is 2.11. The lowest BCUT2D eigenvalue weighted by Gasteiger charge is -2.26. The molecular weight excluding hydrogens is 220 g/mol. The van der Waals surface area contributed by atoms with Crippen LogP contribution in [-0.2, 0) is 14.3 Å². The van der Waals surface area contributed by atoms with Gasteiger partial charge in [0.05, 0.1) is 19.6 Å². The maximum atomic E-state index is 11.4. The smallest absolute Gasteiger partial charge is 0.227 e. The van der Waals surface area contributed by atoms with Crippen molar-refractivity contribution < 1.29 is 14.3 Å². The Labute approximate surface area is 102 Å². The zero-order valence-electron chi connectivity index (χ0n) is 10.5. The van der Waals surface area contributed by atoms with Gasteiger partial charge in [-0.1, -0.05) is 6.92 Å². The molecule has 1 fully saturated rings. The molecule has 0 atom stereocenters. The van der Waals surface area contributed by atoms with Gasteiger partial charge in [0, 0.05) is 32.6 Å². The second kappa shape index (κ2) is 8.20. The summed E-state index contributed by atoms with van der Waals surface area (Å²) in [6, 6.07) is 0. The van der Waals surface area contributed by atoms with Gasteiger partial charge in [0.2, 0.25) is 5.91 Å². The minimum atomic E-state index is -0.156. The summed E-state index contributed by atoms with van der Waals surface area (Å²) in [5.74, 6) is -0.131. The summed E-state index contributed by atoms with van der Waals surface area (Å²) >= 11 is 0. The molecule has 1 rings (SSSR count). The summed E-state index contributed by atoms with van der Waals surface area (Å²) < 4.78 is 5.23. The van der Waals surface area contributed by atoms with E-state index < -0.39 is 0 Å². The van der Waals surface area contributed by atoms with Gasteiger partial charge in [0.25, 0.3) is 0 Å². The SMILES string of the molecule is CCCC(=O)CC(=O)NCCN1CCOCC1. The summed E-state index contributed by atoms with van der Waals surface area (Å²) in [7, 11) is 0. The molecule has 1 saturated heterocycles. The van der Waals surface area contributed by atoms with Crippen molar-refractivity contribution in [2.45, 2.75) is 26.2 Å². The molecule has 17 heavy (non-hydrogen) atoms. The van der Waals surface area contributed by atoms with E-state index in [1.807, 2.05) is 6.92 Å². The van der Waals surface area contributed by atoms with Crippen LogP contribution in [0.4, 0.5) is 0 Å². The van der Waals surface area contributed by atoms with E-state index in [-0.39, 0.29) is 18.1 Å². The second-order valence-electron chi connectivity index (χ2n) is 4.27. The molecule has 0 aromatic heterocycles. The Morgan fingerprint density at radius 1 is 1.29 bits per heavy atom. The minimum absolute atomic E-state index is 0.0244. The molecule has 0 aliphatic carbocycles. The molecule has 0 spiro atoms. The number of ether oxygens (including phenoxy) is 1. The third kappa shape index (κ3) is 6.38. The summed E-state index contributed by atoms with van der Waals surface area (Å²) in [5.41, 5.74) is 0. The van der Waals surface area contributed by atoms with Gasteiger partial charge in [-0.3, -0.25) is 14.5 Å². The Morgan fingerprint density at radius 2 is 2.00 bits per heavy atom. The molecule has 98 valence electrons. The fraction of sp³-hybridized carbons (Fsp3) is 0.833. The number of hydrogen-bond donors (Lipinski definition) is 1. The number of rotatable bonds is 7. The molecule has 1 aliphatic rings. The van der Waals surface area contributed by atoms with Crippen molar-refractivity contribution in [2.75, 3.05) is 39.4 Å². The van der Waals surface area contributed by atoms with Crippen LogP contribution in [0.3, 0.4) is 0 Å². The van der Waals surface area contributed by atoms with Crippen LogP contribution in [0.2, 0.25) is 0 Å². The van der Waals surface area contributed by atoms with Crippen LogP contribution in [0.15, 0.2) is 0 Å². The molecule has 0 aromatic rings. The Kier molecular flexibility index (Phi) is 6.81. The number of nitrogens with zero attached hydrogens (tertiary/aromatic N) is 1. The van der Waals surface area contributed by atoms with Crippen LogP contribution < -0.4 is 5.32 Å². The first-order valence-electron chi connectivity index (χ1n) is 6.31. The quantitative estimate of drug-likeness (QED) is 0.648. The number of Topliss-reactive ketones (excluding diaryl/α,β-unsaturated/α-hetero) is 1. The highest BCUT2D eigenvalue weighted by molar-refractivity contribution is 5.97. The molecule has 5 heteroatoms. The standard InChI is InChI=1S/C12H22N2O3/c1-2-3-11(15)10-12(16)13-4-5-14-6-8-17-9-7-14/h2-10H2,1H3,(H,13,16). The number of carbonyl (C=O) groups is 2. The van der Waals surface area contributed by atoms with Crippen LogP contribution in [0.25, 0.3) is 0 Å². The van der Waals surface area contributed by atoms with E-state index in [1.54, 1.807) is 0 Å². The van der Waals surface area contributed by atoms with Crippen molar-refractivity contribution in [1.82, 2.24) is 10.2 Å². The largest absolute Gasteiger partial charge is 0.379 e. The van der Waals surface area contributed by atoms with Gasteiger partial charge in [-0.15, -0.1) is 0 Å². The number of amides is 1. The van der Waals surface area contributed by atoms with Crippen molar-refractivity contribution in [1.29, 1.82) is 0 Å². The molecule has 1 aliphatic heterocycles. The first-order chi connectivity index (χ1) is 8.22. The molecule has 0 bridgehead atoms. The van der Waals surface area contributed by atoms with Gasteiger partial charge >= 0.3 is 0 Å². The molecule has 0 aromatic carbocycles. The van der Waals surface area contributed by atoms with Gasteiger partial charge in [-0.25, -0.2) is 0 Å². The Morgan fingerprint density at radius 3 is 2.65 bits per heavy atom. The normalized spacial score (nSPS) is 16.8. The molecule has 5 nitrogen and oxygen atoms in total. The monoisotopic (exact) mass is 242 g/mol. The predicted molar refractivity (Wildman–Crippen MR) is 64.8 cm³/mol. The van der Waals surface area contributed by atoms with Crippen LogP contribution >= 0.6 is 0 Å². The van der Waals surface area contributed by atoms with Crippen LogP contribution in [0.5, 0.6) is 0 Å². The van der Waals surface area contributed by atoms with E-state index in [9.17, 15) is 9.59 Å². The van der Waals surface area contributed by atoms with Gasteiger partial charge in [-0.05, 0) is 6.42 Å². The van der Waals surface area contributed by atoms with Crippen molar-refractivity contribution in [3.63, 3.8) is 0 Å². The fourth-order valence-electron chi connectivity index (χ4n) is 1.79. The minimum Gasteiger partial charge on any atom is -0.379 e. The Hall–Kier alpha value is -0.940. The van der Waals surface area contributed by atoms with Crippen molar-refractivity contribution in [3.05, 3.63) is 0 Å². The average Bonchev–Trinajstić information content (AvgIpc) is 2.30. The molecule has 1 N–H and O–H groups in total. The topological polar surface area (TPSA) is 58.6 Å². The number of nitrogens with one attached hydrogen (secondary N) is 1. The molecule has 0 unspecified atom stereocenters. The lowest BCUT2D eigenvalue weighted by Crippen LogP contribution is -2.41. The van der Waals surface area contributed by atoms with Crippen molar-refractivity contribution in [2.24, 2.45) is 0 Å². The first kappa shape index (κ1) is 14.1. The molecule has 0 saturated carbocycles. The maximum absolute atomic E-state index is 11.4. The Balaban J connectivity index is 2.05. The van der Waals surface area contributed by atoms with Gasteiger partial charge in [0.1, 0.15) is 5.78 Å². The number of carbonyl (C=O) groups excluding carboxylic acids is 2. The number of hydrogen-bond acceptors (Lipinski definition) is 4. The number of morpholine rings is 1. The van der Waals surface area contributed by atoms with Crippen molar-refractivity contribution >= 4 is 11.7 Å². The average molecular weight is 242 g/mol. The van der Waals surface area contributed by atoms with E-state index in [2.05, 4.69) is 10.2 Å². The second-order valence-corrected chi connectivity index (χ2v) is 4.27. The third-order valence-electron chi connectivity index (χ3n) is 2.74. The lowest BCUT2D eigenvalue weighted by atomic mass is 10.2. The fourth-order valence-corrected chi connectivity index (χ4v) is 1.79. The maximum Gasteiger partial charge on any atom is 0.227 e. The summed E-state index contributed by atoms with van der Waals surface area (Å²) in [6.07, 6.45) is 1.33. The number of ketones is 1. The van der Waals surface area contributed by atoms with Gasteiger partial charge < -0.3 is 10.1 Å². The lowest BCUT2D eigenvalue weighted by molar-refractivity contribution is -0.128. The molecule has 1 heterocycles. The van der Waals surface area contributed by atoms with Crippen LogP contribution in [0.1, 0.15) is 26.2 Å². The van der Waals surface area contributed by atoms with Crippen molar-refractivity contribution in [3.8, 4) is 0 Å². The van der Waals surface area contributed by atoms with Crippen LogP contribution in [-0.4, -0.2) is 56.0 Å². The molecule has 1 amide bonds. The predicted octanol–water partition coefficient (Wildman–Crippen LogP) is 0.194. The molecular formula is C12H22N2O3. The molecule has 0 radical (unpaired) electrons. The van der Waals surface area contributed by atoms with E-state index in [0.717, 1.165) is 39.3 Å². The zero-order valence-corrected chi connectivity index (χ0v) is 10.5. The van der Waals surface area contributed by atoms with Gasteiger partial charge in [-0.2, -0.15) is 0 Å². The van der Waals surface area contributed by atoms with E-state index in [0.29, 0.717) is 13.0 Å². The van der Waals surface area contributed by atoms with Crippen LogP contribution in [0, 0.1) is 0 Å². The first-order valence-corrected chi connectivity index (χ1v) is 6.31. The summed E-state index contributed by atoms with van der Waals surface area (Å²) in [5, 5.41) is 2.78. The van der Waals surface area contributed by atoms with E-state index in [4.69, 9.17) is 4.74 Å². The summed E-state index contributed by atoms with van der Waals surface area (Å²) in [4.78, 5) is 24.9. The Bertz CT molecular complexity index is 250. The summed E-state index contributed by atoms with van der Waals surface area (Å²) in [6.45, 7) is 6.75. The third-order valence-corrected chi connectivity index (χ3v) is 2.74. The highest BCUT2D eigenvalue weighted by Crippen LogP contribution is 1.96.